The second-order valence-corrected chi connectivity index (χ2v) is 23.1. The largest absolute Gasteiger partial charge is 0.472 e. The Bertz CT molecular complexity index is 1650. The summed E-state index contributed by atoms with van der Waals surface area (Å²) in [6.07, 6.45) is 84.7. The van der Waals surface area contributed by atoms with E-state index >= 15 is 0 Å². The fourth-order valence-electron chi connectivity index (χ4n) is 8.35. The summed E-state index contributed by atoms with van der Waals surface area (Å²) in [6.45, 7) is 4.65. The van der Waals surface area contributed by atoms with Gasteiger partial charge in [0, 0.05) is 6.42 Å². The predicted molar refractivity (Wildman–Crippen MR) is 332 cm³/mol. The molecule has 3 N–H and O–H groups in total. The van der Waals surface area contributed by atoms with Gasteiger partial charge in [0.05, 0.1) is 39.9 Å². The lowest BCUT2D eigenvalue weighted by Crippen LogP contribution is -2.45. The van der Waals surface area contributed by atoms with Crippen LogP contribution in [0.3, 0.4) is 0 Å². The molecule has 0 spiro atoms. The zero-order valence-electron chi connectivity index (χ0n) is 49.7. The van der Waals surface area contributed by atoms with E-state index in [2.05, 4.69) is 129 Å². The van der Waals surface area contributed by atoms with Gasteiger partial charge >= 0.3 is 7.82 Å². The van der Waals surface area contributed by atoms with E-state index in [0.717, 1.165) is 89.9 Å². The average molecular weight is 1080 g/mol. The molecule has 0 fully saturated rings. The van der Waals surface area contributed by atoms with Crippen LogP contribution >= 0.6 is 7.82 Å². The fraction of sp³-hybridized carbons (Fsp3) is 0.687. The first-order chi connectivity index (χ1) is 37.0. The molecule has 0 aromatic carbocycles. The van der Waals surface area contributed by atoms with Gasteiger partial charge in [0.15, 0.2) is 0 Å². The van der Waals surface area contributed by atoms with Crippen molar-refractivity contribution >= 4 is 13.7 Å². The zero-order chi connectivity index (χ0) is 55.6. The Morgan fingerprint density at radius 1 is 0.461 bits per heavy atom. The molecule has 3 unspecified atom stereocenters. The number of nitrogens with one attached hydrogen (secondary N) is 1. The minimum absolute atomic E-state index is 0.0396. The third kappa shape index (κ3) is 58.6. The molecule has 8 nitrogen and oxygen atoms in total. The van der Waals surface area contributed by atoms with Crippen LogP contribution in [0.5, 0.6) is 0 Å². The molecule has 0 heterocycles. The van der Waals surface area contributed by atoms with Crippen LogP contribution in [0.15, 0.2) is 122 Å². The smallest absolute Gasteiger partial charge is 0.387 e. The Hall–Kier alpha value is -3.10. The number of likely N-dealkylation sites (N-methyl/N-ethyl adjacent to an activating group) is 1. The van der Waals surface area contributed by atoms with Crippen LogP contribution < -0.4 is 5.32 Å². The van der Waals surface area contributed by atoms with Crippen LogP contribution in [-0.2, 0) is 18.4 Å². The summed E-state index contributed by atoms with van der Waals surface area (Å²) in [4.78, 5) is 23.3. The van der Waals surface area contributed by atoms with E-state index in [9.17, 15) is 19.4 Å². The number of hydrogen-bond donors (Lipinski definition) is 3. The quantitative estimate of drug-likeness (QED) is 0.0243. The molecule has 0 rings (SSSR count). The molecular formula is C67H118N2O6P+. The number of quaternary nitrogens is 1. The summed E-state index contributed by atoms with van der Waals surface area (Å²) in [5.41, 5.74) is 0. The van der Waals surface area contributed by atoms with Crippen molar-refractivity contribution in [3.8, 4) is 0 Å². The van der Waals surface area contributed by atoms with Crippen LogP contribution in [0.1, 0.15) is 245 Å². The highest BCUT2D eigenvalue weighted by Gasteiger charge is 2.27. The molecule has 0 aliphatic heterocycles. The molecule has 0 saturated carbocycles. The Morgan fingerprint density at radius 2 is 0.803 bits per heavy atom. The number of allylic oxidation sites excluding steroid dienone is 19. The number of unbranched alkanes of at least 4 members (excludes halogenated alkanes) is 24. The van der Waals surface area contributed by atoms with Crippen molar-refractivity contribution in [1.29, 1.82) is 0 Å². The Morgan fingerprint density at radius 3 is 1.21 bits per heavy atom. The standard InChI is InChI=1S/C67H117N2O6P/c1-6-8-10-12-14-16-18-20-22-24-26-28-30-32-33-34-35-37-38-40-42-44-46-48-50-52-54-56-58-60-66(70)65(64-75-76(72,73)74-63-62-69(3,4)5)68-67(71)61-59-57-55-53-51-49-47-45-43-41-39-36-31-29-27-25-23-21-19-17-15-13-11-9-7-2/h9,11,15,17,21,23,27,29,36,39,42-45,49-52,58,60,65-66,70H,6-8,10,12-14,16,18-20,22,24-26,28,30-35,37-38,40-41,46-48,53-57,59,61-64H2,1-5H3,(H-,68,71,72,73)/p+1/b11-9-,17-15-,23-21-,29-27-,39-36-,44-42+,45-43-,51-49-,52-50+,60-58+. The first kappa shape index (κ1) is 72.9. The SMILES string of the molecule is CC/C=C\C/C=C\C/C=C\C/C=C\C/C=C\C/C=C\C/C=C\CCCCCC(=O)NC(COP(=O)(O)OCC[N+](C)(C)C)C(O)/C=C/CC/C=C/CC/C=C/CCCCCCCCCCCCCCCCCCCCC. The molecule has 1 amide bonds. The summed E-state index contributed by atoms with van der Waals surface area (Å²) < 4.78 is 23.7. The Kier molecular flexibility index (Phi) is 54.3. The van der Waals surface area contributed by atoms with E-state index in [4.69, 9.17) is 9.05 Å². The van der Waals surface area contributed by atoms with Gasteiger partial charge in [-0.3, -0.25) is 13.8 Å². The van der Waals surface area contributed by atoms with E-state index < -0.39 is 20.0 Å². The number of nitrogens with zero attached hydrogens (tertiary/aromatic N) is 1. The van der Waals surface area contributed by atoms with E-state index in [1.165, 1.54) is 128 Å². The van der Waals surface area contributed by atoms with E-state index in [-0.39, 0.29) is 19.1 Å². The maximum absolute atomic E-state index is 13.0. The van der Waals surface area contributed by atoms with Gasteiger partial charge in [-0.15, -0.1) is 0 Å². The van der Waals surface area contributed by atoms with E-state index in [1.54, 1.807) is 6.08 Å². The number of phosphoric ester groups is 1. The van der Waals surface area contributed by atoms with Crippen molar-refractivity contribution in [2.75, 3.05) is 40.9 Å². The molecule has 76 heavy (non-hydrogen) atoms. The zero-order valence-corrected chi connectivity index (χ0v) is 50.6. The molecule has 9 heteroatoms. The summed E-state index contributed by atoms with van der Waals surface area (Å²) in [7, 11) is 1.51. The predicted octanol–water partition coefficient (Wildman–Crippen LogP) is 19.3. The van der Waals surface area contributed by atoms with Crippen LogP contribution in [0.2, 0.25) is 0 Å². The maximum Gasteiger partial charge on any atom is 0.472 e. The summed E-state index contributed by atoms with van der Waals surface area (Å²) in [6, 6.07) is -0.899. The Balaban J connectivity index is 4.34. The number of aliphatic hydroxyl groups excluding tert-OH is 1. The third-order valence-corrected chi connectivity index (χ3v) is 14.1. The van der Waals surface area contributed by atoms with Gasteiger partial charge in [0.2, 0.25) is 5.91 Å². The van der Waals surface area contributed by atoms with Crippen molar-refractivity contribution in [2.45, 2.75) is 257 Å². The van der Waals surface area contributed by atoms with Gasteiger partial charge in [-0.25, -0.2) is 4.57 Å². The molecule has 0 saturated heterocycles. The minimum atomic E-state index is -4.38. The lowest BCUT2D eigenvalue weighted by molar-refractivity contribution is -0.870. The molecule has 0 radical (unpaired) electrons. The second kappa shape index (κ2) is 56.6. The van der Waals surface area contributed by atoms with Crippen LogP contribution in [0, 0.1) is 0 Å². The third-order valence-electron chi connectivity index (χ3n) is 13.1. The van der Waals surface area contributed by atoms with Crippen molar-refractivity contribution in [2.24, 2.45) is 0 Å². The van der Waals surface area contributed by atoms with Crippen molar-refractivity contribution in [3.63, 3.8) is 0 Å². The number of aliphatic hydroxyl groups is 1. The van der Waals surface area contributed by atoms with Crippen molar-refractivity contribution < 1.29 is 32.9 Å². The average Bonchev–Trinajstić information content (AvgIpc) is 3.38. The van der Waals surface area contributed by atoms with Gasteiger partial charge in [-0.2, -0.15) is 0 Å². The summed E-state index contributed by atoms with van der Waals surface area (Å²) in [5.74, 6) is -0.226. The first-order valence-corrected chi connectivity index (χ1v) is 32.4. The summed E-state index contributed by atoms with van der Waals surface area (Å²) >= 11 is 0. The maximum atomic E-state index is 13.0. The fourth-order valence-corrected chi connectivity index (χ4v) is 9.08. The summed E-state index contributed by atoms with van der Waals surface area (Å²) in [5, 5.41) is 13.9. The first-order valence-electron chi connectivity index (χ1n) is 30.9. The van der Waals surface area contributed by atoms with E-state index in [1.807, 2.05) is 27.2 Å². The topological polar surface area (TPSA) is 105 Å². The molecule has 0 aliphatic rings. The highest BCUT2D eigenvalue weighted by atomic mass is 31.2. The van der Waals surface area contributed by atoms with Crippen LogP contribution in [0.25, 0.3) is 0 Å². The monoisotopic (exact) mass is 1080 g/mol. The number of amides is 1. The highest BCUT2D eigenvalue weighted by Crippen LogP contribution is 2.43. The second-order valence-electron chi connectivity index (χ2n) is 21.7. The number of hydrogen-bond acceptors (Lipinski definition) is 5. The van der Waals surface area contributed by atoms with Gasteiger partial charge < -0.3 is 19.8 Å². The normalized spacial score (nSPS) is 14.7. The highest BCUT2D eigenvalue weighted by molar-refractivity contribution is 7.47. The molecule has 0 aromatic heterocycles. The van der Waals surface area contributed by atoms with Gasteiger partial charge in [0.25, 0.3) is 0 Å². The molecule has 0 aromatic rings. The van der Waals surface area contributed by atoms with Crippen LogP contribution in [0.4, 0.5) is 0 Å². The number of carbonyl (C=O) groups is 1. The molecule has 0 bridgehead atoms. The van der Waals surface area contributed by atoms with Crippen molar-refractivity contribution in [1.82, 2.24) is 5.32 Å². The molecular weight excluding hydrogens is 960 g/mol. The number of phosphoric acid groups is 1. The van der Waals surface area contributed by atoms with Crippen LogP contribution in [-0.4, -0.2) is 73.4 Å². The molecule has 3 atom stereocenters. The number of rotatable bonds is 55. The lowest BCUT2D eigenvalue weighted by Gasteiger charge is -2.25. The Labute approximate surface area is 469 Å². The minimum Gasteiger partial charge on any atom is -0.387 e. The lowest BCUT2D eigenvalue weighted by atomic mass is 10.0. The van der Waals surface area contributed by atoms with Gasteiger partial charge in [-0.1, -0.05) is 257 Å². The van der Waals surface area contributed by atoms with E-state index in [0.29, 0.717) is 23.9 Å². The number of carbonyl (C=O) groups excluding carboxylic acids is 1. The van der Waals surface area contributed by atoms with Gasteiger partial charge in [0.1, 0.15) is 13.2 Å². The van der Waals surface area contributed by atoms with Crippen molar-refractivity contribution in [3.05, 3.63) is 122 Å². The van der Waals surface area contributed by atoms with Gasteiger partial charge in [-0.05, 0) is 103 Å². The molecule has 436 valence electrons. The molecule has 0 aliphatic carbocycles.